The lowest BCUT2D eigenvalue weighted by atomic mass is 10.0. The summed E-state index contributed by atoms with van der Waals surface area (Å²) in [6, 6.07) is 5.16. The summed E-state index contributed by atoms with van der Waals surface area (Å²) >= 11 is 3.41. The molecular weight excluding hydrogens is 396 g/mol. The Hall–Kier alpha value is -0.960. The summed E-state index contributed by atoms with van der Waals surface area (Å²) in [5.41, 5.74) is 2.14. The molecule has 1 aromatic rings. The van der Waals surface area contributed by atoms with Gasteiger partial charge in [0.05, 0.1) is 11.8 Å². The standard InChI is InChI=1S/C16H23BrN2O4S/c1-12(2)7-16(19(21)11-20)10-24(22,23)18-6-5-13-3-4-15(17)8-14(13)9-18/h3-4,8,11-12,16,21H,5-7,9-10H2,1-2H3. The molecule has 0 aliphatic carbocycles. The quantitative estimate of drug-likeness (QED) is 0.418. The van der Waals surface area contributed by atoms with Crippen LogP contribution in [0.25, 0.3) is 0 Å². The molecule has 1 atom stereocenters. The molecule has 0 bridgehead atoms. The molecule has 6 nitrogen and oxygen atoms in total. The number of fused-ring (bicyclic) bond motifs is 1. The summed E-state index contributed by atoms with van der Waals surface area (Å²) in [6.07, 6.45) is 1.35. The molecule has 0 radical (unpaired) electrons. The van der Waals surface area contributed by atoms with E-state index in [0.29, 0.717) is 31.0 Å². The Kier molecular flexibility index (Phi) is 6.41. The summed E-state index contributed by atoms with van der Waals surface area (Å²) < 4.78 is 27.9. The minimum Gasteiger partial charge on any atom is -0.286 e. The van der Waals surface area contributed by atoms with Gasteiger partial charge in [-0.1, -0.05) is 35.8 Å². The number of nitrogens with zero attached hydrogens (tertiary/aromatic N) is 2. The van der Waals surface area contributed by atoms with Gasteiger partial charge in [0.1, 0.15) is 0 Å². The lowest BCUT2D eigenvalue weighted by Gasteiger charge is -2.31. The van der Waals surface area contributed by atoms with Gasteiger partial charge in [0.25, 0.3) is 0 Å². The van der Waals surface area contributed by atoms with E-state index in [-0.39, 0.29) is 18.1 Å². The van der Waals surface area contributed by atoms with E-state index in [1.165, 1.54) is 4.31 Å². The van der Waals surface area contributed by atoms with Crippen LogP contribution in [0.5, 0.6) is 0 Å². The van der Waals surface area contributed by atoms with Crippen LogP contribution in [0, 0.1) is 5.92 Å². The number of sulfonamides is 1. The van der Waals surface area contributed by atoms with Crippen LogP contribution in [-0.4, -0.2) is 47.7 Å². The fourth-order valence-corrected chi connectivity index (χ4v) is 5.07. The van der Waals surface area contributed by atoms with E-state index in [0.717, 1.165) is 15.6 Å². The van der Waals surface area contributed by atoms with Crippen molar-refractivity contribution in [2.75, 3.05) is 12.3 Å². The van der Waals surface area contributed by atoms with E-state index in [9.17, 15) is 18.4 Å². The molecule has 1 aromatic carbocycles. The zero-order chi connectivity index (χ0) is 17.9. The highest BCUT2D eigenvalue weighted by molar-refractivity contribution is 9.10. The predicted octanol–water partition coefficient (Wildman–Crippen LogP) is 2.40. The van der Waals surface area contributed by atoms with Crippen LogP contribution in [0.15, 0.2) is 22.7 Å². The highest BCUT2D eigenvalue weighted by Gasteiger charge is 2.31. The van der Waals surface area contributed by atoms with Crippen molar-refractivity contribution in [2.24, 2.45) is 5.92 Å². The smallest absolute Gasteiger partial charge is 0.233 e. The third kappa shape index (κ3) is 4.78. The number of amides is 1. The minimum absolute atomic E-state index is 0.165. The van der Waals surface area contributed by atoms with Gasteiger partial charge < -0.3 is 0 Å². The Labute approximate surface area is 151 Å². The molecule has 0 saturated heterocycles. The second-order valence-electron chi connectivity index (χ2n) is 6.54. The number of hydroxylamine groups is 2. The van der Waals surface area contributed by atoms with Crippen LogP contribution in [0.4, 0.5) is 0 Å². The van der Waals surface area contributed by atoms with Gasteiger partial charge in [0, 0.05) is 17.6 Å². The molecule has 1 aliphatic rings. The summed E-state index contributed by atoms with van der Waals surface area (Å²) in [6.45, 7) is 4.58. The number of halogens is 1. The molecular formula is C16H23BrN2O4S. The van der Waals surface area contributed by atoms with Crippen molar-refractivity contribution in [1.29, 1.82) is 0 Å². The van der Waals surface area contributed by atoms with Crippen molar-refractivity contribution in [3.8, 4) is 0 Å². The highest BCUT2D eigenvalue weighted by atomic mass is 79.9. The fourth-order valence-electron chi connectivity index (χ4n) is 2.97. The molecule has 1 heterocycles. The van der Waals surface area contributed by atoms with E-state index in [4.69, 9.17) is 0 Å². The van der Waals surface area contributed by atoms with Crippen LogP contribution in [-0.2, 0) is 27.8 Å². The van der Waals surface area contributed by atoms with Crippen LogP contribution in [0.3, 0.4) is 0 Å². The monoisotopic (exact) mass is 418 g/mol. The average molecular weight is 419 g/mol. The Morgan fingerprint density at radius 2 is 2.08 bits per heavy atom. The largest absolute Gasteiger partial charge is 0.286 e. The van der Waals surface area contributed by atoms with E-state index >= 15 is 0 Å². The lowest BCUT2D eigenvalue weighted by molar-refractivity contribution is -0.159. The van der Waals surface area contributed by atoms with Crippen LogP contribution in [0.2, 0.25) is 0 Å². The molecule has 24 heavy (non-hydrogen) atoms. The van der Waals surface area contributed by atoms with Crippen LogP contribution >= 0.6 is 15.9 Å². The molecule has 1 amide bonds. The third-order valence-corrected chi connectivity index (χ3v) is 6.57. The van der Waals surface area contributed by atoms with Gasteiger partial charge in [-0.3, -0.25) is 10.0 Å². The summed E-state index contributed by atoms with van der Waals surface area (Å²) in [7, 11) is -3.58. The molecule has 0 spiro atoms. The minimum atomic E-state index is -3.58. The first-order chi connectivity index (χ1) is 11.2. The highest BCUT2D eigenvalue weighted by Crippen LogP contribution is 2.25. The number of hydrogen-bond donors (Lipinski definition) is 1. The number of carbonyl (C=O) groups excluding carboxylic acids is 1. The third-order valence-electron chi connectivity index (χ3n) is 4.17. The molecule has 1 unspecified atom stereocenters. The van der Waals surface area contributed by atoms with E-state index in [2.05, 4.69) is 15.9 Å². The average Bonchev–Trinajstić information content (AvgIpc) is 2.52. The zero-order valence-corrected chi connectivity index (χ0v) is 16.3. The van der Waals surface area contributed by atoms with Crippen LogP contribution in [0.1, 0.15) is 31.4 Å². The first-order valence-electron chi connectivity index (χ1n) is 7.90. The van der Waals surface area contributed by atoms with Gasteiger partial charge in [-0.2, -0.15) is 4.31 Å². The SMILES string of the molecule is CC(C)CC(CS(=O)(=O)N1CCc2ccc(Br)cc2C1)N(O)C=O. The topological polar surface area (TPSA) is 77.9 Å². The first-order valence-corrected chi connectivity index (χ1v) is 10.3. The van der Waals surface area contributed by atoms with Crippen molar-refractivity contribution in [2.45, 2.75) is 39.3 Å². The second-order valence-corrected chi connectivity index (χ2v) is 9.47. The molecule has 0 saturated carbocycles. The summed E-state index contributed by atoms with van der Waals surface area (Å²) in [5, 5.41) is 10.2. The maximum absolute atomic E-state index is 12.8. The van der Waals surface area contributed by atoms with Gasteiger partial charge in [-0.15, -0.1) is 0 Å². The van der Waals surface area contributed by atoms with Crippen molar-refractivity contribution >= 4 is 32.4 Å². The molecule has 1 aliphatic heterocycles. The Balaban J connectivity index is 2.16. The van der Waals surface area contributed by atoms with E-state index in [1.807, 2.05) is 32.0 Å². The normalized spacial score (nSPS) is 16.7. The molecule has 0 aromatic heterocycles. The molecule has 2 rings (SSSR count). The Morgan fingerprint density at radius 1 is 1.38 bits per heavy atom. The Bertz CT molecular complexity index is 693. The fraction of sp³-hybridized carbons (Fsp3) is 0.562. The molecule has 0 fully saturated rings. The number of hydrogen-bond acceptors (Lipinski definition) is 4. The lowest BCUT2D eigenvalue weighted by Crippen LogP contribution is -2.44. The zero-order valence-electron chi connectivity index (χ0n) is 13.9. The summed E-state index contributed by atoms with van der Waals surface area (Å²) in [4.78, 5) is 10.9. The van der Waals surface area contributed by atoms with Crippen molar-refractivity contribution in [3.05, 3.63) is 33.8 Å². The van der Waals surface area contributed by atoms with Crippen molar-refractivity contribution in [3.63, 3.8) is 0 Å². The first kappa shape index (κ1) is 19.4. The summed E-state index contributed by atoms with van der Waals surface area (Å²) in [5.74, 6) is -0.109. The van der Waals surface area contributed by atoms with Gasteiger partial charge >= 0.3 is 0 Å². The van der Waals surface area contributed by atoms with Gasteiger partial charge in [0.15, 0.2) is 0 Å². The van der Waals surface area contributed by atoms with E-state index in [1.54, 1.807) is 0 Å². The molecule has 1 N–H and O–H groups in total. The molecule has 134 valence electrons. The number of rotatable bonds is 7. The van der Waals surface area contributed by atoms with Gasteiger partial charge in [-0.05, 0) is 42.0 Å². The van der Waals surface area contributed by atoms with Gasteiger partial charge in [-0.25, -0.2) is 13.5 Å². The maximum Gasteiger partial charge on any atom is 0.233 e. The van der Waals surface area contributed by atoms with Crippen LogP contribution < -0.4 is 0 Å². The maximum atomic E-state index is 12.8. The van der Waals surface area contributed by atoms with Crippen molar-refractivity contribution < 1.29 is 18.4 Å². The predicted molar refractivity (Wildman–Crippen MR) is 95.0 cm³/mol. The van der Waals surface area contributed by atoms with Crippen molar-refractivity contribution in [1.82, 2.24) is 9.37 Å². The van der Waals surface area contributed by atoms with E-state index < -0.39 is 16.1 Å². The second kappa shape index (κ2) is 7.95. The Morgan fingerprint density at radius 3 is 2.71 bits per heavy atom. The van der Waals surface area contributed by atoms with Gasteiger partial charge in [0.2, 0.25) is 16.4 Å². The number of benzene rings is 1. The number of carbonyl (C=O) groups is 1. The molecule has 8 heteroatoms.